The van der Waals surface area contributed by atoms with Crippen LogP contribution in [0.4, 0.5) is 5.82 Å². The topological polar surface area (TPSA) is 73.1 Å². The van der Waals surface area contributed by atoms with Crippen molar-refractivity contribution >= 4 is 28.0 Å². The van der Waals surface area contributed by atoms with Gasteiger partial charge in [0.1, 0.15) is 11.8 Å². The highest BCUT2D eigenvalue weighted by Gasteiger charge is 2.20. The van der Waals surface area contributed by atoms with Crippen molar-refractivity contribution in [2.75, 3.05) is 18.5 Å². The summed E-state index contributed by atoms with van der Waals surface area (Å²) in [4.78, 5) is 13.5. The molecule has 3 aromatic rings. The Bertz CT molecular complexity index is 899. The third kappa shape index (κ3) is 2.33. The van der Waals surface area contributed by atoms with E-state index >= 15 is 0 Å². The Hall–Kier alpha value is -2.21. The van der Waals surface area contributed by atoms with Crippen molar-refractivity contribution in [3.63, 3.8) is 0 Å². The highest BCUT2D eigenvalue weighted by atomic mass is 16.5. The molecule has 124 valence electrons. The second kappa shape index (κ2) is 5.70. The lowest BCUT2D eigenvalue weighted by Gasteiger charge is -2.13. The van der Waals surface area contributed by atoms with E-state index in [2.05, 4.69) is 21.4 Å². The molecule has 1 fully saturated rings. The van der Waals surface area contributed by atoms with Crippen molar-refractivity contribution in [2.45, 2.75) is 44.6 Å². The van der Waals surface area contributed by atoms with Crippen molar-refractivity contribution in [1.82, 2.24) is 15.0 Å². The summed E-state index contributed by atoms with van der Waals surface area (Å²) in [6.07, 6.45) is 8.65. The van der Waals surface area contributed by atoms with Crippen LogP contribution < -0.4 is 5.32 Å². The van der Waals surface area contributed by atoms with E-state index < -0.39 is 0 Å². The van der Waals surface area contributed by atoms with Crippen molar-refractivity contribution in [1.29, 1.82) is 0 Å². The number of rotatable bonds is 3. The Morgan fingerprint density at radius 3 is 3.04 bits per heavy atom. The molecule has 3 aromatic heterocycles. The van der Waals surface area contributed by atoms with E-state index in [9.17, 15) is 0 Å². The second-order valence-corrected chi connectivity index (χ2v) is 6.67. The third-order valence-electron chi connectivity index (χ3n) is 5.04. The molecule has 1 N–H and O–H groups in total. The molecular weight excluding hydrogens is 304 g/mol. The average Bonchev–Trinajstić information content (AvgIpc) is 3.25. The van der Waals surface area contributed by atoms with E-state index in [1.807, 2.05) is 0 Å². The number of aromatic nitrogens is 3. The number of aryl methyl sites for hydroxylation is 2. The maximum atomic E-state index is 6.03. The number of furan rings is 1. The first-order valence-corrected chi connectivity index (χ1v) is 8.80. The molecule has 0 bridgehead atoms. The molecule has 1 aliphatic carbocycles. The first-order valence-electron chi connectivity index (χ1n) is 8.80. The normalized spacial score (nSPS) is 20.6. The molecule has 2 aliphatic rings. The van der Waals surface area contributed by atoms with Gasteiger partial charge in [-0.3, -0.25) is 0 Å². The van der Waals surface area contributed by atoms with Crippen LogP contribution in [-0.4, -0.2) is 34.2 Å². The number of ether oxygens (including phenoxy) is 1. The Morgan fingerprint density at radius 2 is 2.12 bits per heavy atom. The van der Waals surface area contributed by atoms with Gasteiger partial charge >= 0.3 is 0 Å². The fraction of sp³-hybridized carbons (Fsp3) is 0.500. The molecule has 0 radical (unpaired) electrons. The predicted octanol–water partition coefficient (Wildman–Crippen LogP) is 3.24. The maximum Gasteiger partial charge on any atom is 0.229 e. The molecule has 0 spiro atoms. The van der Waals surface area contributed by atoms with Crippen LogP contribution in [-0.2, 0) is 17.6 Å². The zero-order chi connectivity index (χ0) is 15.9. The molecule has 1 saturated heterocycles. The van der Waals surface area contributed by atoms with Crippen LogP contribution in [0.25, 0.3) is 22.2 Å². The van der Waals surface area contributed by atoms with Gasteiger partial charge in [-0.25, -0.2) is 15.0 Å². The molecule has 4 heterocycles. The molecule has 0 saturated carbocycles. The minimum absolute atomic E-state index is 0.254. The molecule has 24 heavy (non-hydrogen) atoms. The monoisotopic (exact) mass is 324 g/mol. The smallest absolute Gasteiger partial charge is 0.229 e. The van der Waals surface area contributed by atoms with E-state index in [-0.39, 0.29) is 6.10 Å². The van der Waals surface area contributed by atoms with Crippen LogP contribution in [0.15, 0.2) is 16.8 Å². The minimum atomic E-state index is 0.254. The molecule has 1 aliphatic heterocycles. The Kier molecular flexibility index (Phi) is 3.36. The van der Waals surface area contributed by atoms with E-state index in [1.54, 1.807) is 6.33 Å². The van der Waals surface area contributed by atoms with Gasteiger partial charge in [-0.2, -0.15) is 0 Å². The number of anilines is 1. The van der Waals surface area contributed by atoms with Crippen LogP contribution in [0, 0.1) is 0 Å². The van der Waals surface area contributed by atoms with E-state index in [0.717, 1.165) is 55.6 Å². The minimum Gasteiger partial charge on any atom is -0.432 e. The summed E-state index contributed by atoms with van der Waals surface area (Å²) in [7, 11) is 0. The first kappa shape index (κ1) is 14.2. The number of hydrogen-bond donors (Lipinski definition) is 1. The van der Waals surface area contributed by atoms with Gasteiger partial charge in [0.2, 0.25) is 5.71 Å². The molecule has 6 heteroatoms. The number of nitrogens with one attached hydrogen (secondary N) is 1. The number of pyridine rings is 1. The quantitative estimate of drug-likeness (QED) is 0.797. The third-order valence-corrected chi connectivity index (χ3v) is 5.04. The lowest BCUT2D eigenvalue weighted by atomic mass is 9.95. The lowest BCUT2D eigenvalue weighted by molar-refractivity contribution is 0.120. The average molecular weight is 324 g/mol. The zero-order valence-electron chi connectivity index (χ0n) is 13.5. The van der Waals surface area contributed by atoms with Gasteiger partial charge in [-0.15, -0.1) is 0 Å². The highest BCUT2D eigenvalue weighted by molar-refractivity contribution is 6.04. The Morgan fingerprint density at radius 1 is 1.17 bits per heavy atom. The second-order valence-electron chi connectivity index (χ2n) is 6.67. The van der Waals surface area contributed by atoms with Crippen molar-refractivity contribution in [2.24, 2.45) is 0 Å². The van der Waals surface area contributed by atoms with Crippen molar-refractivity contribution in [3.05, 3.63) is 23.7 Å². The summed E-state index contributed by atoms with van der Waals surface area (Å²) in [5.74, 6) is 0.728. The van der Waals surface area contributed by atoms with Gasteiger partial charge < -0.3 is 14.5 Å². The van der Waals surface area contributed by atoms with Gasteiger partial charge in [-0.05, 0) is 50.2 Å². The number of fused-ring (bicyclic) bond motifs is 4. The fourth-order valence-electron chi connectivity index (χ4n) is 3.76. The van der Waals surface area contributed by atoms with Gasteiger partial charge in [0.15, 0.2) is 11.4 Å². The van der Waals surface area contributed by atoms with Crippen LogP contribution in [0.1, 0.15) is 36.9 Å². The number of nitrogens with zero attached hydrogens (tertiary/aromatic N) is 3. The highest BCUT2D eigenvalue weighted by Crippen LogP contribution is 2.32. The van der Waals surface area contributed by atoms with Crippen LogP contribution >= 0.6 is 0 Å². The van der Waals surface area contributed by atoms with Crippen LogP contribution in [0.2, 0.25) is 0 Å². The molecule has 0 unspecified atom stereocenters. The van der Waals surface area contributed by atoms with Crippen LogP contribution in [0.3, 0.4) is 0 Å². The SMILES string of the molecule is c1nc(NC[C@H]2CCCO2)c2oc3nc4c(cc3c2n1)CCCC4. The maximum absolute atomic E-state index is 6.03. The summed E-state index contributed by atoms with van der Waals surface area (Å²) in [5, 5.41) is 4.36. The predicted molar refractivity (Wildman–Crippen MR) is 91.2 cm³/mol. The standard InChI is InChI=1S/C18H20N4O2/c1-2-6-14-11(4-1)8-13-15-16(24-18(13)22-14)17(21-10-20-15)19-9-12-5-3-7-23-12/h8,10,12H,1-7,9H2,(H,19,20,21)/t12-/m1/s1. The van der Waals surface area contributed by atoms with Crippen molar-refractivity contribution < 1.29 is 9.15 Å². The number of hydrogen-bond acceptors (Lipinski definition) is 6. The lowest BCUT2D eigenvalue weighted by Crippen LogP contribution is -2.19. The van der Waals surface area contributed by atoms with Gasteiger partial charge in [0.05, 0.1) is 11.5 Å². The molecule has 6 nitrogen and oxygen atoms in total. The largest absolute Gasteiger partial charge is 0.432 e. The van der Waals surface area contributed by atoms with E-state index in [1.165, 1.54) is 24.1 Å². The molecular formula is C18H20N4O2. The summed E-state index contributed by atoms with van der Waals surface area (Å²) < 4.78 is 11.7. The van der Waals surface area contributed by atoms with Crippen LogP contribution in [0.5, 0.6) is 0 Å². The van der Waals surface area contributed by atoms with Crippen molar-refractivity contribution in [3.8, 4) is 0 Å². The first-order chi connectivity index (χ1) is 11.9. The van der Waals surface area contributed by atoms with E-state index in [4.69, 9.17) is 14.1 Å². The van der Waals surface area contributed by atoms with Gasteiger partial charge in [-0.1, -0.05) is 0 Å². The fourth-order valence-corrected chi connectivity index (χ4v) is 3.76. The zero-order valence-corrected chi connectivity index (χ0v) is 13.5. The summed E-state index contributed by atoms with van der Waals surface area (Å²) in [6, 6.07) is 2.21. The molecule has 0 aromatic carbocycles. The summed E-state index contributed by atoms with van der Waals surface area (Å²) in [6.45, 7) is 1.60. The summed E-state index contributed by atoms with van der Waals surface area (Å²) in [5.41, 5.74) is 4.72. The molecule has 5 rings (SSSR count). The van der Waals surface area contributed by atoms with Gasteiger partial charge in [0.25, 0.3) is 0 Å². The van der Waals surface area contributed by atoms with Gasteiger partial charge in [0, 0.05) is 18.8 Å². The summed E-state index contributed by atoms with van der Waals surface area (Å²) >= 11 is 0. The molecule has 1 atom stereocenters. The Labute approximate surface area is 139 Å². The van der Waals surface area contributed by atoms with E-state index in [0.29, 0.717) is 11.3 Å². The Balaban J connectivity index is 1.56. The molecule has 0 amide bonds.